The molecule has 3 rings (SSSR count). The molecule has 1 aromatic carbocycles. The zero-order valence-electron chi connectivity index (χ0n) is 12.9. The smallest absolute Gasteiger partial charge is 0.406 e. The zero-order valence-corrected chi connectivity index (χ0v) is 16.1. The third kappa shape index (κ3) is 6.34. The molecule has 5 nitrogen and oxygen atoms in total. The molecular formula is C15H16F3IN4OS. The van der Waals surface area contributed by atoms with Gasteiger partial charge < -0.3 is 15.8 Å². The topological polar surface area (TPSA) is 72.5 Å². The van der Waals surface area contributed by atoms with Gasteiger partial charge in [-0.1, -0.05) is 0 Å². The summed E-state index contributed by atoms with van der Waals surface area (Å²) in [6.45, 7) is 0.367. The second kappa shape index (κ2) is 8.21. The van der Waals surface area contributed by atoms with E-state index >= 15 is 0 Å². The number of anilines is 1. The first-order valence-corrected chi connectivity index (χ1v) is 8.14. The van der Waals surface area contributed by atoms with Gasteiger partial charge in [-0.15, -0.1) is 48.5 Å². The fourth-order valence-electron chi connectivity index (χ4n) is 2.04. The van der Waals surface area contributed by atoms with Gasteiger partial charge >= 0.3 is 6.36 Å². The summed E-state index contributed by atoms with van der Waals surface area (Å²) >= 11 is 1.55. The standard InChI is InChI=1S/C15H15F3N4OS.HI/c16-15(17,18)23-11-5-3-10(4-6-11)21-14(19)20-7-13-22-12(8-24-13)9-1-2-9;/h3-6,8-9H,1-2,7H2,(H3,19,20,21);1H. The number of guanidine groups is 1. The van der Waals surface area contributed by atoms with Crippen molar-refractivity contribution in [1.82, 2.24) is 4.98 Å². The number of nitrogens with zero attached hydrogens (tertiary/aromatic N) is 2. The molecule has 1 heterocycles. The van der Waals surface area contributed by atoms with Crippen molar-refractivity contribution in [3.8, 4) is 5.75 Å². The molecule has 1 aliphatic carbocycles. The molecule has 1 fully saturated rings. The molecule has 1 aliphatic rings. The molecular weight excluding hydrogens is 468 g/mol. The van der Waals surface area contributed by atoms with Crippen molar-refractivity contribution >= 4 is 47.0 Å². The lowest BCUT2D eigenvalue weighted by Gasteiger charge is -2.10. The first-order valence-electron chi connectivity index (χ1n) is 7.26. The second-order valence-corrected chi connectivity index (χ2v) is 6.28. The van der Waals surface area contributed by atoms with Gasteiger partial charge in [0.15, 0.2) is 5.96 Å². The number of aliphatic imine (C=N–C) groups is 1. The average Bonchev–Trinajstić information content (AvgIpc) is 3.25. The van der Waals surface area contributed by atoms with Crippen LogP contribution in [0.5, 0.6) is 5.75 Å². The third-order valence-corrected chi connectivity index (χ3v) is 4.16. The molecule has 10 heteroatoms. The molecule has 25 heavy (non-hydrogen) atoms. The van der Waals surface area contributed by atoms with Crippen molar-refractivity contribution in [2.75, 3.05) is 5.32 Å². The summed E-state index contributed by atoms with van der Waals surface area (Å²) in [5.41, 5.74) is 7.42. The summed E-state index contributed by atoms with van der Waals surface area (Å²) in [5, 5.41) is 5.74. The Hall–Kier alpha value is -1.56. The van der Waals surface area contributed by atoms with Crippen molar-refractivity contribution in [3.05, 3.63) is 40.3 Å². The zero-order chi connectivity index (χ0) is 17.2. The van der Waals surface area contributed by atoms with E-state index in [1.165, 1.54) is 37.1 Å². The van der Waals surface area contributed by atoms with E-state index in [1.807, 2.05) is 5.38 Å². The van der Waals surface area contributed by atoms with Crippen molar-refractivity contribution in [2.45, 2.75) is 31.7 Å². The highest BCUT2D eigenvalue weighted by atomic mass is 127. The first-order chi connectivity index (χ1) is 11.4. The fraction of sp³-hybridized carbons (Fsp3) is 0.333. The number of nitrogens with one attached hydrogen (secondary N) is 1. The Balaban J connectivity index is 0.00000225. The van der Waals surface area contributed by atoms with Gasteiger partial charge in [-0.05, 0) is 37.1 Å². The Labute approximate surface area is 163 Å². The number of halogens is 4. The van der Waals surface area contributed by atoms with E-state index in [1.54, 1.807) is 11.3 Å². The van der Waals surface area contributed by atoms with E-state index in [9.17, 15) is 13.2 Å². The minimum Gasteiger partial charge on any atom is -0.406 e. The Bertz CT molecular complexity index is 729. The van der Waals surface area contributed by atoms with Crippen molar-refractivity contribution in [2.24, 2.45) is 10.7 Å². The molecule has 0 aliphatic heterocycles. The van der Waals surface area contributed by atoms with Crippen LogP contribution in [-0.4, -0.2) is 17.3 Å². The molecule has 0 radical (unpaired) electrons. The SMILES string of the molecule is I.NC(=NCc1nc(C2CC2)cs1)Nc1ccc(OC(F)(F)F)cc1. The van der Waals surface area contributed by atoms with Gasteiger partial charge in [-0.3, -0.25) is 0 Å². The molecule has 1 saturated carbocycles. The average molecular weight is 484 g/mol. The number of ether oxygens (including phenoxy) is 1. The Morgan fingerprint density at radius 3 is 2.60 bits per heavy atom. The summed E-state index contributed by atoms with van der Waals surface area (Å²) in [4.78, 5) is 8.69. The van der Waals surface area contributed by atoms with E-state index < -0.39 is 6.36 Å². The fourth-order valence-corrected chi connectivity index (χ4v) is 2.84. The lowest BCUT2D eigenvalue weighted by atomic mass is 10.3. The molecule has 136 valence electrons. The number of nitrogens with two attached hydrogens (primary N) is 1. The van der Waals surface area contributed by atoms with Gasteiger partial charge in [-0.25, -0.2) is 9.98 Å². The third-order valence-electron chi connectivity index (χ3n) is 3.31. The van der Waals surface area contributed by atoms with E-state index in [0.29, 0.717) is 18.2 Å². The molecule has 2 aromatic rings. The molecule has 0 atom stereocenters. The van der Waals surface area contributed by atoms with Crippen LogP contribution in [0.1, 0.15) is 29.5 Å². The van der Waals surface area contributed by atoms with Crippen LogP contribution < -0.4 is 15.8 Å². The monoisotopic (exact) mass is 484 g/mol. The van der Waals surface area contributed by atoms with Crippen LogP contribution in [-0.2, 0) is 6.54 Å². The predicted molar refractivity (Wildman–Crippen MR) is 102 cm³/mol. The van der Waals surface area contributed by atoms with Gasteiger partial charge in [0, 0.05) is 17.0 Å². The number of hydrogen-bond acceptors (Lipinski definition) is 4. The summed E-state index contributed by atoms with van der Waals surface area (Å²) < 4.78 is 40.1. The van der Waals surface area contributed by atoms with E-state index in [4.69, 9.17) is 5.73 Å². The van der Waals surface area contributed by atoms with Crippen LogP contribution in [0.4, 0.5) is 18.9 Å². The normalized spacial score (nSPS) is 14.8. The van der Waals surface area contributed by atoms with Gasteiger partial charge in [-0.2, -0.15) is 0 Å². The molecule has 0 bridgehead atoms. The van der Waals surface area contributed by atoms with Crippen molar-refractivity contribution < 1.29 is 17.9 Å². The maximum Gasteiger partial charge on any atom is 0.573 e. The molecule has 0 unspecified atom stereocenters. The van der Waals surface area contributed by atoms with Crippen LogP contribution in [0.2, 0.25) is 0 Å². The summed E-state index contributed by atoms with van der Waals surface area (Å²) in [6.07, 6.45) is -2.31. The minimum atomic E-state index is -4.71. The summed E-state index contributed by atoms with van der Waals surface area (Å²) in [5.74, 6) is 0.480. The van der Waals surface area contributed by atoms with Crippen LogP contribution in [0, 0.1) is 0 Å². The van der Waals surface area contributed by atoms with Crippen molar-refractivity contribution in [3.63, 3.8) is 0 Å². The number of hydrogen-bond donors (Lipinski definition) is 2. The lowest BCUT2D eigenvalue weighted by molar-refractivity contribution is -0.274. The Morgan fingerprint density at radius 1 is 1.32 bits per heavy atom. The quantitative estimate of drug-likeness (QED) is 0.374. The van der Waals surface area contributed by atoms with Crippen LogP contribution in [0.3, 0.4) is 0 Å². The Morgan fingerprint density at radius 2 is 2.00 bits per heavy atom. The van der Waals surface area contributed by atoms with Crippen LogP contribution in [0.25, 0.3) is 0 Å². The summed E-state index contributed by atoms with van der Waals surface area (Å²) in [7, 11) is 0. The number of rotatable bonds is 5. The second-order valence-electron chi connectivity index (χ2n) is 5.34. The van der Waals surface area contributed by atoms with Gasteiger partial charge in [0.05, 0.1) is 12.2 Å². The summed E-state index contributed by atoms with van der Waals surface area (Å²) in [6, 6.07) is 5.26. The predicted octanol–water partition coefficient (Wildman–Crippen LogP) is 4.46. The van der Waals surface area contributed by atoms with Crippen molar-refractivity contribution in [1.29, 1.82) is 0 Å². The molecule has 0 saturated heterocycles. The highest BCUT2D eigenvalue weighted by Crippen LogP contribution is 2.40. The molecule has 1 aromatic heterocycles. The highest BCUT2D eigenvalue weighted by Gasteiger charge is 2.31. The molecule has 3 N–H and O–H groups in total. The number of alkyl halides is 3. The number of benzene rings is 1. The first kappa shape index (κ1) is 19.8. The molecule has 0 spiro atoms. The highest BCUT2D eigenvalue weighted by molar-refractivity contribution is 14.0. The largest absolute Gasteiger partial charge is 0.573 e. The van der Waals surface area contributed by atoms with Gasteiger partial charge in [0.1, 0.15) is 10.8 Å². The van der Waals surface area contributed by atoms with Gasteiger partial charge in [0.2, 0.25) is 0 Å². The van der Waals surface area contributed by atoms with Gasteiger partial charge in [0.25, 0.3) is 0 Å². The maximum atomic E-state index is 12.1. The van der Waals surface area contributed by atoms with E-state index in [0.717, 1.165) is 10.7 Å². The Kier molecular flexibility index (Phi) is 6.49. The molecule has 0 amide bonds. The number of thiazole rings is 1. The lowest BCUT2D eigenvalue weighted by Crippen LogP contribution is -2.22. The van der Waals surface area contributed by atoms with Crippen LogP contribution in [0.15, 0.2) is 34.6 Å². The van der Waals surface area contributed by atoms with E-state index in [2.05, 4.69) is 20.0 Å². The minimum absolute atomic E-state index is 0. The maximum absolute atomic E-state index is 12.1. The van der Waals surface area contributed by atoms with Crippen LogP contribution >= 0.6 is 35.3 Å². The number of aromatic nitrogens is 1. The van der Waals surface area contributed by atoms with E-state index in [-0.39, 0.29) is 35.7 Å².